The minimum absolute atomic E-state index is 0.00984. The molecule has 0 N–H and O–H groups in total. The Balaban J connectivity index is 2.09. The van der Waals surface area contributed by atoms with Crippen LogP contribution >= 0.6 is 0 Å². The van der Waals surface area contributed by atoms with Crippen molar-refractivity contribution in [3.05, 3.63) is 65.1 Å². The van der Waals surface area contributed by atoms with Gasteiger partial charge in [0.15, 0.2) is 11.5 Å². The molecular formula is C18H13NO4. The number of allylic oxidation sites excluding steroid dienone is 2. The van der Waals surface area contributed by atoms with E-state index in [4.69, 9.17) is 4.74 Å². The first-order valence-electron chi connectivity index (χ1n) is 6.98. The van der Waals surface area contributed by atoms with Crippen molar-refractivity contribution in [3.8, 4) is 11.3 Å². The van der Waals surface area contributed by atoms with Crippen molar-refractivity contribution >= 4 is 17.3 Å². The molecule has 0 radical (unpaired) electrons. The number of fused-ring (bicyclic) bond motifs is 1. The molecule has 23 heavy (non-hydrogen) atoms. The molecular weight excluding hydrogens is 294 g/mol. The van der Waals surface area contributed by atoms with Crippen molar-refractivity contribution in [1.82, 2.24) is 4.98 Å². The third-order valence-electron chi connectivity index (χ3n) is 3.64. The number of Topliss-reactive ketones (excluding diaryl/α,β-unsaturated/α-hetero) is 2. The lowest BCUT2D eigenvalue weighted by Gasteiger charge is -2.14. The van der Waals surface area contributed by atoms with E-state index in [2.05, 4.69) is 4.98 Å². The minimum Gasteiger partial charge on any atom is -0.492 e. The molecule has 0 aliphatic heterocycles. The summed E-state index contributed by atoms with van der Waals surface area (Å²) in [5.74, 6) is -0.779. The van der Waals surface area contributed by atoms with E-state index in [-0.39, 0.29) is 34.4 Å². The maximum absolute atomic E-state index is 12.2. The van der Waals surface area contributed by atoms with Crippen LogP contribution in [0.2, 0.25) is 0 Å². The van der Waals surface area contributed by atoms with Crippen LogP contribution in [0.5, 0.6) is 0 Å². The molecule has 1 aliphatic carbocycles. The molecule has 0 atom stereocenters. The number of hydrogen-bond acceptors (Lipinski definition) is 5. The number of hydrogen-bond donors (Lipinski definition) is 0. The Kier molecular flexibility index (Phi) is 3.62. The number of nitrogens with zero attached hydrogens (tertiary/aromatic N) is 1. The second kappa shape index (κ2) is 5.61. The molecule has 5 heteroatoms. The van der Waals surface area contributed by atoms with Crippen molar-refractivity contribution < 1.29 is 19.1 Å². The van der Waals surface area contributed by atoms with Gasteiger partial charge in [-0.2, -0.15) is 0 Å². The van der Waals surface area contributed by atoms with Crippen LogP contribution in [-0.2, 0) is 4.74 Å². The van der Waals surface area contributed by atoms with E-state index in [1.165, 1.54) is 14.0 Å². The topological polar surface area (TPSA) is 73.3 Å². The van der Waals surface area contributed by atoms with Crippen LogP contribution in [0.1, 0.15) is 38.1 Å². The van der Waals surface area contributed by atoms with Crippen LogP contribution in [0.25, 0.3) is 11.3 Å². The highest BCUT2D eigenvalue weighted by molar-refractivity contribution is 6.23. The number of methoxy groups -OCH3 is 1. The lowest BCUT2D eigenvalue weighted by atomic mass is 9.96. The maximum Gasteiger partial charge on any atom is 0.229 e. The summed E-state index contributed by atoms with van der Waals surface area (Å²) < 4.78 is 4.91. The Morgan fingerprint density at radius 1 is 1.13 bits per heavy atom. The summed E-state index contributed by atoms with van der Waals surface area (Å²) in [6, 6.07) is 10.2. The average Bonchev–Trinajstić information content (AvgIpc) is 2.57. The minimum atomic E-state index is -0.374. The summed E-state index contributed by atoms with van der Waals surface area (Å²) >= 11 is 0. The van der Waals surface area contributed by atoms with Gasteiger partial charge in [0.05, 0.1) is 18.4 Å². The molecule has 3 rings (SSSR count). The number of pyridine rings is 1. The number of rotatable bonds is 3. The van der Waals surface area contributed by atoms with E-state index >= 15 is 0 Å². The zero-order chi connectivity index (χ0) is 16.6. The number of carbonyl (C=O) groups excluding carboxylic acids is 3. The van der Waals surface area contributed by atoms with E-state index in [1.807, 2.05) is 0 Å². The van der Waals surface area contributed by atoms with Crippen LogP contribution in [0, 0.1) is 0 Å². The molecule has 5 nitrogen and oxygen atoms in total. The first kappa shape index (κ1) is 14.8. The van der Waals surface area contributed by atoms with Crippen LogP contribution in [0.3, 0.4) is 0 Å². The maximum atomic E-state index is 12.2. The summed E-state index contributed by atoms with van der Waals surface area (Å²) in [7, 11) is 1.34. The highest BCUT2D eigenvalue weighted by atomic mass is 16.5. The molecule has 0 saturated carbocycles. The molecule has 1 aromatic carbocycles. The summed E-state index contributed by atoms with van der Waals surface area (Å²) in [6.07, 6.45) is 1.15. The van der Waals surface area contributed by atoms with Crippen LogP contribution in [0.4, 0.5) is 0 Å². The SMILES string of the molecule is COC1=CC(=O)c2nc(-c3cccc(C(C)=O)c3)ccc2C1=O. The van der Waals surface area contributed by atoms with Gasteiger partial charge in [0.1, 0.15) is 5.69 Å². The van der Waals surface area contributed by atoms with Crippen LogP contribution in [0.15, 0.2) is 48.2 Å². The Morgan fingerprint density at radius 2 is 1.91 bits per heavy atom. The Bertz CT molecular complexity index is 880. The van der Waals surface area contributed by atoms with Crippen molar-refractivity contribution in [3.63, 3.8) is 0 Å². The Morgan fingerprint density at radius 3 is 2.61 bits per heavy atom. The van der Waals surface area contributed by atoms with E-state index in [0.29, 0.717) is 16.8 Å². The van der Waals surface area contributed by atoms with Crippen molar-refractivity contribution in [1.29, 1.82) is 0 Å². The van der Waals surface area contributed by atoms with Gasteiger partial charge < -0.3 is 4.74 Å². The number of ketones is 3. The predicted molar refractivity (Wildman–Crippen MR) is 83.4 cm³/mol. The third kappa shape index (κ3) is 2.57. The summed E-state index contributed by atoms with van der Waals surface area (Å²) in [4.78, 5) is 40.1. The molecule has 1 aromatic heterocycles. The lowest BCUT2D eigenvalue weighted by Crippen LogP contribution is -2.19. The zero-order valence-electron chi connectivity index (χ0n) is 12.6. The molecule has 1 heterocycles. The lowest BCUT2D eigenvalue weighted by molar-refractivity contribution is 0.0914. The van der Waals surface area contributed by atoms with E-state index < -0.39 is 0 Å². The smallest absolute Gasteiger partial charge is 0.229 e. The molecule has 2 aromatic rings. The molecule has 0 saturated heterocycles. The number of carbonyl (C=O) groups is 3. The van der Waals surface area contributed by atoms with Crippen molar-refractivity contribution in [2.45, 2.75) is 6.92 Å². The quantitative estimate of drug-likeness (QED) is 0.815. The highest BCUT2D eigenvalue weighted by Crippen LogP contribution is 2.25. The van der Waals surface area contributed by atoms with Gasteiger partial charge in [-0.1, -0.05) is 18.2 Å². The standard InChI is InChI=1S/C18H13NO4/c1-10(20)11-4-3-5-12(8-11)14-7-6-13-17(19-14)15(21)9-16(23-2)18(13)22/h3-9H,1-2H3. The molecule has 0 amide bonds. The zero-order valence-corrected chi connectivity index (χ0v) is 12.6. The van der Waals surface area contributed by atoms with Crippen molar-refractivity contribution in [2.75, 3.05) is 7.11 Å². The summed E-state index contributed by atoms with van der Waals surface area (Å²) in [6.45, 7) is 1.48. The molecule has 0 fully saturated rings. The predicted octanol–water partition coefficient (Wildman–Crippen LogP) is 2.86. The largest absolute Gasteiger partial charge is 0.492 e. The fourth-order valence-corrected chi connectivity index (χ4v) is 2.43. The Labute approximate surface area is 132 Å². The summed E-state index contributed by atoms with van der Waals surface area (Å²) in [5, 5.41) is 0. The first-order valence-corrected chi connectivity index (χ1v) is 6.98. The van der Waals surface area contributed by atoms with Gasteiger partial charge in [0.2, 0.25) is 11.6 Å². The van der Waals surface area contributed by atoms with Crippen molar-refractivity contribution in [2.24, 2.45) is 0 Å². The second-order valence-corrected chi connectivity index (χ2v) is 5.14. The molecule has 1 aliphatic rings. The van der Waals surface area contributed by atoms with Gasteiger partial charge in [-0.15, -0.1) is 0 Å². The number of aromatic nitrogens is 1. The van der Waals surface area contributed by atoms with Crippen LogP contribution < -0.4 is 0 Å². The fourth-order valence-electron chi connectivity index (χ4n) is 2.43. The number of benzene rings is 1. The average molecular weight is 307 g/mol. The van der Waals surface area contributed by atoms with E-state index in [0.717, 1.165) is 6.08 Å². The molecule has 0 unspecified atom stereocenters. The fraction of sp³-hybridized carbons (Fsp3) is 0.111. The Hall–Kier alpha value is -3.08. The van der Waals surface area contributed by atoms with Gasteiger partial charge in [-0.05, 0) is 25.1 Å². The van der Waals surface area contributed by atoms with Gasteiger partial charge in [0, 0.05) is 17.2 Å². The van der Waals surface area contributed by atoms with Crippen LogP contribution in [-0.4, -0.2) is 29.4 Å². The van der Waals surface area contributed by atoms with Gasteiger partial charge in [-0.25, -0.2) is 4.98 Å². The monoisotopic (exact) mass is 307 g/mol. The van der Waals surface area contributed by atoms with Gasteiger partial charge >= 0.3 is 0 Å². The third-order valence-corrected chi connectivity index (χ3v) is 3.64. The molecule has 0 spiro atoms. The normalized spacial score (nSPS) is 13.4. The summed E-state index contributed by atoms with van der Waals surface area (Å²) in [5.41, 5.74) is 2.12. The molecule has 114 valence electrons. The van der Waals surface area contributed by atoms with Gasteiger partial charge in [0.25, 0.3) is 0 Å². The second-order valence-electron chi connectivity index (χ2n) is 5.14. The van der Waals surface area contributed by atoms with E-state index in [1.54, 1.807) is 36.4 Å². The van der Waals surface area contributed by atoms with Gasteiger partial charge in [-0.3, -0.25) is 14.4 Å². The van der Waals surface area contributed by atoms with E-state index in [9.17, 15) is 14.4 Å². The highest BCUT2D eigenvalue weighted by Gasteiger charge is 2.28. The first-order chi connectivity index (χ1) is 11.0. The molecule has 0 bridgehead atoms. The number of ether oxygens (including phenoxy) is 1.